The molecule has 0 aliphatic carbocycles. The molecule has 2 aromatic rings. The summed E-state index contributed by atoms with van der Waals surface area (Å²) in [7, 11) is 0. The van der Waals surface area contributed by atoms with Crippen LogP contribution in [0.3, 0.4) is 0 Å². The summed E-state index contributed by atoms with van der Waals surface area (Å²) in [4.78, 5) is 23.5. The maximum Gasteiger partial charge on any atom is 0.316 e. The number of amides is 3. The van der Waals surface area contributed by atoms with Crippen LogP contribution in [0.4, 0.5) is 10.5 Å². The Balaban J connectivity index is 1.64. The molecule has 142 valence electrons. The minimum atomic E-state index is -0.659. The van der Waals surface area contributed by atoms with E-state index >= 15 is 0 Å². The van der Waals surface area contributed by atoms with Crippen LogP contribution in [0.2, 0.25) is 0 Å². The first-order valence-corrected chi connectivity index (χ1v) is 9.16. The molecule has 0 spiro atoms. The van der Waals surface area contributed by atoms with Crippen LogP contribution in [0.15, 0.2) is 48.5 Å². The van der Waals surface area contributed by atoms with Gasteiger partial charge in [0.05, 0.1) is 6.10 Å². The second-order valence-electron chi connectivity index (χ2n) is 6.88. The molecule has 0 radical (unpaired) electrons. The predicted molar refractivity (Wildman–Crippen MR) is 105 cm³/mol. The van der Waals surface area contributed by atoms with Crippen molar-refractivity contribution in [2.75, 3.05) is 18.5 Å². The van der Waals surface area contributed by atoms with Gasteiger partial charge in [0.1, 0.15) is 0 Å². The molecule has 0 bridgehead atoms. The lowest BCUT2D eigenvalue weighted by Crippen LogP contribution is -2.35. The number of hydrogen-bond donors (Lipinski definition) is 3. The number of carbonyl (C=O) groups excluding carboxylic acids is 2. The van der Waals surface area contributed by atoms with Crippen molar-refractivity contribution in [2.45, 2.75) is 25.9 Å². The van der Waals surface area contributed by atoms with Crippen LogP contribution >= 0.6 is 0 Å². The Morgan fingerprint density at radius 3 is 2.70 bits per heavy atom. The third-order valence-electron chi connectivity index (χ3n) is 4.77. The van der Waals surface area contributed by atoms with Crippen molar-refractivity contribution in [1.29, 1.82) is 0 Å². The predicted octanol–water partition coefficient (Wildman–Crippen LogP) is 3.38. The highest BCUT2D eigenvalue weighted by Crippen LogP contribution is 2.33. The molecule has 2 aromatic carbocycles. The lowest BCUT2D eigenvalue weighted by Gasteiger charge is -2.32. The lowest BCUT2D eigenvalue weighted by molar-refractivity contribution is -0.0272. The number of aryl methyl sites for hydroxylation is 1. The quantitative estimate of drug-likeness (QED) is 0.756. The van der Waals surface area contributed by atoms with Crippen LogP contribution in [0.25, 0.3) is 0 Å². The molecule has 2 unspecified atom stereocenters. The summed E-state index contributed by atoms with van der Waals surface area (Å²) in [6.45, 7) is 3.33. The first-order chi connectivity index (χ1) is 13.0. The number of primary amides is 1. The molecule has 1 aliphatic heterocycles. The number of benzene rings is 2. The topological polar surface area (TPSA) is 93.4 Å². The molecule has 4 N–H and O–H groups in total. The summed E-state index contributed by atoms with van der Waals surface area (Å²) in [5.74, 6) is 0.0358. The molecule has 1 saturated heterocycles. The van der Waals surface area contributed by atoms with Crippen LogP contribution in [-0.4, -0.2) is 25.1 Å². The Morgan fingerprint density at radius 2 is 1.96 bits per heavy atom. The Labute approximate surface area is 159 Å². The molecule has 6 nitrogen and oxygen atoms in total. The van der Waals surface area contributed by atoms with E-state index in [1.165, 1.54) is 5.56 Å². The van der Waals surface area contributed by atoms with Gasteiger partial charge in [-0.05, 0) is 43.5 Å². The molecule has 2 atom stereocenters. The highest BCUT2D eigenvalue weighted by molar-refractivity contribution is 5.96. The minimum Gasteiger partial charge on any atom is -0.373 e. The van der Waals surface area contributed by atoms with E-state index in [4.69, 9.17) is 10.5 Å². The Hall–Kier alpha value is -2.86. The zero-order valence-electron chi connectivity index (χ0n) is 15.4. The third-order valence-corrected chi connectivity index (χ3v) is 4.77. The van der Waals surface area contributed by atoms with Crippen LogP contribution in [0, 0.1) is 12.8 Å². The standard InChI is InChI=1S/C21H25N3O3/c1-14-7-9-15(10-8-14)19-17(5-3-11-27-19)13-23-20(25)16-4-2-6-18(12-16)24-21(22)26/h2,4,6-10,12,17,19H,3,5,11,13H2,1H3,(H,23,25)(H3,22,24,26). The number of anilines is 1. The van der Waals surface area contributed by atoms with Gasteiger partial charge in [0.2, 0.25) is 0 Å². The van der Waals surface area contributed by atoms with Crippen LogP contribution < -0.4 is 16.4 Å². The third kappa shape index (κ3) is 5.08. The van der Waals surface area contributed by atoms with E-state index in [9.17, 15) is 9.59 Å². The molecule has 1 fully saturated rings. The highest BCUT2D eigenvalue weighted by atomic mass is 16.5. The Morgan fingerprint density at radius 1 is 1.19 bits per heavy atom. The monoisotopic (exact) mass is 367 g/mol. The number of urea groups is 1. The maximum atomic E-state index is 12.5. The average molecular weight is 367 g/mol. The molecule has 3 amide bonds. The van der Waals surface area contributed by atoms with Gasteiger partial charge in [-0.2, -0.15) is 0 Å². The summed E-state index contributed by atoms with van der Waals surface area (Å²) in [6, 6.07) is 14.4. The van der Waals surface area contributed by atoms with E-state index in [0.717, 1.165) is 25.0 Å². The zero-order chi connectivity index (χ0) is 19.2. The van der Waals surface area contributed by atoms with Crippen molar-refractivity contribution in [3.8, 4) is 0 Å². The molecule has 3 rings (SSSR count). The van der Waals surface area contributed by atoms with Crippen LogP contribution in [0.5, 0.6) is 0 Å². The Kier molecular flexibility index (Phi) is 6.08. The molecule has 27 heavy (non-hydrogen) atoms. The highest BCUT2D eigenvalue weighted by Gasteiger charge is 2.27. The molecule has 1 aliphatic rings. The minimum absolute atomic E-state index is 0.0116. The van der Waals surface area contributed by atoms with Gasteiger partial charge < -0.3 is 21.1 Å². The van der Waals surface area contributed by atoms with Gasteiger partial charge in [-0.25, -0.2) is 4.79 Å². The summed E-state index contributed by atoms with van der Waals surface area (Å²) in [6.07, 6.45) is 1.98. The SMILES string of the molecule is Cc1ccc(C2OCCCC2CNC(=O)c2cccc(NC(N)=O)c2)cc1. The van der Waals surface area contributed by atoms with Crippen molar-refractivity contribution in [1.82, 2.24) is 5.32 Å². The molecular weight excluding hydrogens is 342 g/mol. The Bertz CT molecular complexity index is 805. The number of nitrogens with one attached hydrogen (secondary N) is 2. The van der Waals surface area contributed by atoms with E-state index in [1.807, 2.05) is 0 Å². The lowest BCUT2D eigenvalue weighted by atomic mass is 9.89. The summed E-state index contributed by atoms with van der Waals surface area (Å²) in [5, 5.41) is 5.47. The number of hydrogen-bond acceptors (Lipinski definition) is 3. The summed E-state index contributed by atoms with van der Waals surface area (Å²) < 4.78 is 6.00. The molecule has 0 aromatic heterocycles. The molecular formula is C21H25N3O3. The van der Waals surface area contributed by atoms with Crippen molar-refractivity contribution < 1.29 is 14.3 Å². The normalized spacial score (nSPS) is 19.3. The van der Waals surface area contributed by atoms with Crippen LogP contribution in [0.1, 0.15) is 40.4 Å². The van der Waals surface area contributed by atoms with Gasteiger partial charge in [0.15, 0.2) is 0 Å². The van der Waals surface area contributed by atoms with Gasteiger partial charge in [-0.15, -0.1) is 0 Å². The first kappa shape index (κ1) is 18.9. The van der Waals surface area contributed by atoms with Crippen molar-refractivity contribution in [3.05, 3.63) is 65.2 Å². The van der Waals surface area contributed by atoms with Gasteiger partial charge in [0, 0.05) is 30.3 Å². The van der Waals surface area contributed by atoms with Crippen molar-refractivity contribution in [2.24, 2.45) is 11.7 Å². The van der Waals surface area contributed by atoms with E-state index in [2.05, 4.69) is 41.8 Å². The van der Waals surface area contributed by atoms with Gasteiger partial charge in [-0.1, -0.05) is 35.9 Å². The number of rotatable bonds is 5. The van der Waals surface area contributed by atoms with Crippen LogP contribution in [-0.2, 0) is 4.74 Å². The number of nitrogens with two attached hydrogens (primary N) is 1. The fraction of sp³-hybridized carbons (Fsp3) is 0.333. The van der Waals surface area contributed by atoms with Gasteiger partial charge in [0.25, 0.3) is 5.91 Å². The largest absolute Gasteiger partial charge is 0.373 e. The first-order valence-electron chi connectivity index (χ1n) is 9.16. The fourth-order valence-electron chi connectivity index (χ4n) is 3.38. The molecule has 1 heterocycles. The molecule has 0 saturated carbocycles. The summed E-state index contributed by atoms with van der Waals surface area (Å²) in [5.41, 5.74) is 8.45. The second-order valence-corrected chi connectivity index (χ2v) is 6.88. The zero-order valence-corrected chi connectivity index (χ0v) is 15.4. The molecule has 6 heteroatoms. The van der Waals surface area contributed by atoms with E-state index in [0.29, 0.717) is 17.8 Å². The van der Waals surface area contributed by atoms with E-state index in [1.54, 1.807) is 24.3 Å². The number of carbonyl (C=O) groups is 2. The number of ether oxygens (including phenoxy) is 1. The van der Waals surface area contributed by atoms with Gasteiger partial charge >= 0.3 is 6.03 Å². The second kappa shape index (κ2) is 8.68. The van der Waals surface area contributed by atoms with Crippen molar-refractivity contribution in [3.63, 3.8) is 0 Å². The summed E-state index contributed by atoms with van der Waals surface area (Å²) >= 11 is 0. The fourth-order valence-corrected chi connectivity index (χ4v) is 3.38. The smallest absolute Gasteiger partial charge is 0.316 e. The van der Waals surface area contributed by atoms with Crippen molar-refractivity contribution >= 4 is 17.6 Å². The average Bonchev–Trinajstić information content (AvgIpc) is 2.67. The van der Waals surface area contributed by atoms with Gasteiger partial charge in [-0.3, -0.25) is 4.79 Å². The van der Waals surface area contributed by atoms with E-state index < -0.39 is 6.03 Å². The maximum absolute atomic E-state index is 12.5. The van der Waals surface area contributed by atoms with E-state index in [-0.39, 0.29) is 17.9 Å².